The first-order chi connectivity index (χ1) is 16.9. The highest BCUT2D eigenvalue weighted by molar-refractivity contribution is 6.62. The molecule has 0 aliphatic carbocycles. The highest BCUT2D eigenvalue weighted by Gasteiger charge is 2.51. The predicted molar refractivity (Wildman–Crippen MR) is 136 cm³/mol. The van der Waals surface area contributed by atoms with E-state index < -0.39 is 24.9 Å². The second-order valence-electron chi connectivity index (χ2n) is 10.2. The van der Waals surface area contributed by atoms with Gasteiger partial charge in [0.1, 0.15) is 11.5 Å². The number of ether oxygens (including phenoxy) is 1. The summed E-state index contributed by atoms with van der Waals surface area (Å²) in [7, 11) is 3.23. The second-order valence-corrected chi connectivity index (χ2v) is 10.2. The number of fused-ring (bicyclic) bond motifs is 1. The molecule has 1 aliphatic heterocycles. The molecule has 4 rings (SSSR count). The minimum atomic E-state index is -3.06. The first-order valence-corrected chi connectivity index (χ1v) is 12.0. The number of alkyl halides is 2. The zero-order valence-electron chi connectivity index (χ0n) is 21.7. The van der Waals surface area contributed by atoms with Gasteiger partial charge in [-0.2, -0.15) is 8.78 Å². The van der Waals surface area contributed by atoms with Crippen LogP contribution in [0.15, 0.2) is 36.4 Å². The summed E-state index contributed by atoms with van der Waals surface area (Å²) in [6.45, 7) is 6.87. The molecule has 1 saturated heterocycles. The van der Waals surface area contributed by atoms with Crippen LogP contribution in [0.3, 0.4) is 0 Å². The molecule has 0 bridgehead atoms. The van der Waals surface area contributed by atoms with Crippen molar-refractivity contribution in [3.05, 3.63) is 47.8 Å². The van der Waals surface area contributed by atoms with Gasteiger partial charge >= 0.3 is 13.7 Å². The minimum Gasteiger partial charge on any atom is -0.433 e. The van der Waals surface area contributed by atoms with E-state index in [0.717, 1.165) is 5.46 Å². The summed E-state index contributed by atoms with van der Waals surface area (Å²) in [5, 5.41) is 0. The molecular formula is C26H32BF2N3O4. The molecule has 1 aliphatic rings. The SMILES string of the molecule is CCC(c1nc2ccc(B3OC(C)(C)C(C)(C)O3)cc2n1-c1c(C=O)cccc1OC(F)F)N(C)C. The molecule has 0 radical (unpaired) electrons. The average molecular weight is 499 g/mol. The summed E-state index contributed by atoms with van der Waals surface area (Å²) in [5.41, 5.74) is 1.41. The van der Waals surface area contributed by atoms with Crippen LogP contribution in [0.4, 0.5) is 8.78 Å². The Morgan fingerprint density at radius 2 is 1.81 bits per heavy atom. The van der Waals surface area contributed by atoms with Crippen LogP contribution in [0.2, 0.25) is 0 Å². The van der Waals surface area contributed by atoms with Gasteiger partial charge in [-0.3, -0.25) is 14.3 Å². The van der Waals surface area contributed by atoms with Crippen molar-refractivity contribution in [1.29, 1.82) is 0 Å². The monoisotopic (exact) mass is 499 g/mol. The number of rotatable bonds is 8. The van der Waals surface area contributed by atoms with Crippen molar-refractivity contribution in [2.45, 2.75) is 64.9 Å². The minimum absolute atomic E-state index is 0.107. The summed E-state index contributed by atoms with van der Waals surface area (Å²) < 4.78 is 45.9. The molecule has 3 aromatic rings. The maximum atomic E-state index is 13.4. The third-order valence-electron chi connectivity index (χ3n) is 7.13. The van der Waals surface area contributed by atoms with E-state index in [9.17, 15) is 13.6 Å². The molecule has 1 atom stereocenters. The first kappa shape index (κ1) is 26.3. The van der Waals surface area contributed by atoms with Crippen molar-refractivity contribution in [1.82, 2.24) is 14.5 Å². The van der Waals surface area contributed by atoms with Crippen molar-refractivity contribution in [2.75, 3.05) is 14.1 Å². The van der Waals surface area contributed by atoms with Gasteiger partial charge in [0.15, 0.2) is 12.0 Å². The van der Waals surface area contributed by atoms with E-state index in [1.54, 1.807) is 10.6 Å². The van der Waals surface area contributed by atoms with Crippen LogP contribution < -0.4 is 10.2 Å². The Morgan fingerprint density at radius 3 is 2.36 bits per heavy atom. The van der Waals surface area contributed by atoms with Gasteiger partial charge in [-0.1, -0.05) is 19.1 Å². The van der Waals surface area contributed by atoms with Crippen molar-refractivity contribution in [2.24, 2.45) is 0 Å². The van der Waals surface area contributed by atoms with Gasteiger partial charge in [-0.25, -0.2) is 4.98 Å². The standard InChI is InChI=1S/C26H32BF2N3O4/c1-8-19(31(6)7)23-30-18-13-12-17(27-35-25(2,3)26(4,5)36-27)14-20(18)32(23)22-16(15-33)10-9-11-21(22)34-24(28)29/h9-15,19,24H,8H2,1-7H3. The van der Waals surface area contributed by atoms with Gasteiger partial charge in [0.25, 0.3) is 0 Å². The van der Waals surface area contributed by atoms with E-state index >= 15 is 0 Å². The smallest absolute Gasteiger partial charge is 0.433 e. The van der Waals surface area contributed by atoms with E-state index in [0.29, 0.717) is 29.6 Å². The van der Waals surface area contributed by atoms with Crippen molar-refractivity contribution >= 4 is 29.9 Å². The van der Waals surface area contributed by atoms with Gasteiger partial charge in [-0.05, 0) is 77.9 Å². The lowest BCUT2D eigenvalue weighted by Crippen LogP contribution is -2.41. The molecule has 0 saturated carbocycles. The van der Waals surface area contributed by atoms with Gasteiger partial charge in [0, 0.05) is 5.56 Å². The van der Waals surface area contributed by atoms with Crippen molar-refractivity contribution in [3.63, 3.8) is 0 Å². The normalized spacial score (nSPS) is 17.8. The number of aldehydes is 1. The number of carbonyl (C=O) groups excluding carboxylic acids is 1. The third-order valence-corrected chi connectivity index (χ3v) is 7.13. The topological polar surface area (TPSA) is 65.8 Å². The number of nitrogens with zero attached hydrogens (tertiary/aromatic N) is 3. The van der Waals surface area contributed by atoms with Gasteiger partial charge in [0.2, 0.25) is 0 Å². The lowest BCUT2D eigenvalue weighted by molar-refractivity contribution is -0.0498. The summed E-state index contributed by atoms with van der Waals surface area (Å²) in [6, 6.07) is 9.99. The lowest BCUT2D eigenvalue weighted by Gasteiger charge is -2.32. The number of para-hydroxylation sites is 1. The van der Waals surface area contributed by atoms with Gasteiger partial charge < -0.3 is 14.0 Å². The molecule has 0 spiro atoms. The highest BCUT2D eigenvalue weighted by atomic mass is 19.3. The Labute approximate surface area is 210 Å². The molecule has 2 heterocycles. The fourth-order valence-corrected chi connectivity index (χ4v) is 4.54. The molecule has 0 N–H and O–H groups in total. The molecule has 10 heteroatoms. The summed E-state index contributed by atoms with van der Waals surface area (Å²) in [6.07, 6.45) is 1.34. The molecule has 1 fully saturated rings. The summed E-state index contributed by atoms with van der Waals surface area (Å²) in [5.74, 6) is 0.502. The van der Waals surface area contributed by atoms with Crippen LogP contribution in [0, 0.1) is 0 Å². The maximum absolute atomic E-state index is 13.4. The molecule has 2 aromatic carbocycles. The third kappa shape index (κ3) is 4.53. The van der Waals surface area contributed by atoms with Gasteiger partial charge in [-0.15, -0.1) is 0 Å². The first-order valence-electron chi connectivity index (χ1n) is 12.0. The summed E-state index contributed by atoms with van der Waals surface area (Å²) in [4.78, 5) is 19.0. The zero-order chi connectivity index (χ0) is 26.4. The molecule has 36 heavy (non-hydrogen) atoms. The van der Waals surface area contributed by atoms with Crippen molar-refractivity contribution < 1.29 is 27.6 Å². The van der Waals surface area contributed by atoms with Gasteiger partial charge in [0.05, 0.1) is 28.3 Å². The van der Waals surface area contributed by atoms with E-state index in [1.807, 2.05) is 71.8 Å². The van der Waals surface area contributed by atoms with Crippen LogP contribution in [-0.4, -0.2) is 59.8 Å². The number of carbonyl (C=O) groups is 1. The van der Waals surface area contributed by atoms with E-state index in [4.69, 9.17) is 19.0 Å². The summed E-state index contributed by atoms with van der Waals surface area (Å²) >= 11 is 0. The van der Waals surface area contributed by atoms with Crippen LogP contribution in [-0.2, 0) is 9.31 Å². The quantitative estimate of drug-likeness (QED) is 0.329. The average Bonchev–Trinajstić information content (AvgIpc) is 3.25. The number of hydrogen-bond donors (Lipinski definition) is 0. The predicted octanol–water partition coefficient (Wildman–Crippen LogP) is 4.75. The Hall–Kier alpha value is -2.82. The van der Waals surface area contributed by atoms with Crippen LogP contribution >= 0.6 is 0 Å². The number of halogens is 2. The Balaban J connectivity index is 2.00. The molecular weight excluding hydrogens is 467 g/mol. The van der Waals surface area contributed by atoms with Crippen molar-refractivity contribution in [3.8, 4) is 11.4 Å². The molecule has 1 unspecified atom stereocenters. The number of hydrogen-bond acceptors (Lipinski definition) is 6. The van der Waals surface area contributed by atoms with Crippen LogP contribution in [0.25, 0.3) is 16.7 Å². The largest absolute Gasteiger partial charge is 0.494 e. The number of aromatic nitrogens is 2. The molecule has 7 nitrogen and oxygen atoms in total. The van der Waals surface area contributed by atoms with E-state index in [-0.39, 0.29) is 23.0 Å². The number of benzene rings is 2. The van der Waals surface area contributed by atoms with Crippen LogP contribution in [0.1, 0.15) is 63.3 Å². The molecule has 192 valence electrons. The number of imidazole rings is 1. The second kappa shape index (κ2) is 9.57. The lowest BCUT2D eigenvalue weighted by atomic mass is 9.79. The van der Waals surface area contributed by atoms with E-state index in [2.05, 4.69) is 0 Å². The fourth-order valence-electron chi connectivity index (χ4n) is 4.54. The zero-order valence-corrected chi connectivity index (χ0v) is 21.7. The molecule has 1 aromatic heterocycles. The fraction of sp³-hybridized carbons (Fsp3) is 0.462. The Morgan fingerprint density at radius 1 is 1.14 bits per heavy atom. The Kier molecular flexibility index (Phi) is 6.98. The van der Waals surface area contributed by atoms with Crippen LogP contribution in [0.5, 0.6) is 5.75 Å². The van der Waals surface area contributed by atoms with E-state index in [1.165, 1.54) is 12.1 Å². The maximum Gasteiger partial charge on any atom is 0.494 e. The highest BCUT2D eigenvalue weighted by Crippen LogP contribution is 2.38. The molecule has 0 amide bonds. The Bertz CT molecular complexity index is 1260.